The lowest BCUT2D eigenvalue weighted by Crippen LogP contribution is -2.27. The van der Waals surface area contributed by atoms with E-state index in [1.54, 1.807) is 0 Å². The van der Waals surface area contributed by atoms with Crippen molar-refractivity contribution in [3.05, 3.63) is 29.8 Å². The van der Waals surface area contributed by atoms with Crippen molar-refractivity contribution < 1.29 is 3.79 Å². The Hall–Kier alpha value is -0.908. The van der Waals surface area contributed by atoms with Crippen LogP contribution in [0.1, 0.15) is 5.56 Å². The van der Waals surface area contributed by atoms with Crippen LogP contribution in [0.3, 0.4) is 0 Å². The van der Waals surface area contributed by atoms with Gasteiger partial charge in [0, 0.05) is 6.54 Å². The molecule has 2 heterocycles. The van der Waals surface area contributed by atoms with Gasteiger partial charge in [-0.25, -0.2) is 0 Å². The van der Waals surface area contributed by atoms with Gasteiger partial charge < -0.3 is 7.67 Å². The van der Waals surface area contributed by atoms with Crippen LogP contribution in [0.5, 0.6) is 5.75 Å². The Labute approximate surface area is 77.7 Å². The van der Waals surface area contributed by atoms with Gasteiger partial charge in [0.1, 0.15) is 5.75 Å². The fourth-order valence-corrected chi connectivity index (χ4v) is 2.70. The lowest BCUT2D eigenvalue weighted by Gasteiger charge is -2.20. The standard InChI is InChI=1S/C9H8NO.Al/c11-8-5-1-3-7-4-2-6-10-9(7)8;/h1-5,11H,6H2;/q-1;+2/p-1. The molecule has 0 saturated carbocycles. The maximum absolute atomic E-state index is 5.59. The quantitative estimate of drug-likeness (QED) is 0.549. The summed E-state index contributed by atoms with van der Waals surface area (Å²) in [6, 6.07) is 6.23. The number of para-hydroxylation sites is 1. The first-order valence-corrected chi connectivity index (χ1v) is 5.00. The Balaban J connectivity index is 2.30. The summed E-state index contributed by atoms with van der Waals surface area (Å²) in [5, 5.41) is 0. The minimum absolute atomic E-state index is 0.00856. The van der Waals surface area contributed by atoms with Gasteiger partial charge in [-0.2, -0.15) is 0 Å². The minimum Gasteiger partial charge on any atom is -0.630 e. The van der Waals surface area contributed by atoms with Crippen LogP contribution < -0.4 is 7.67 Å². The van der Waals surface area contributed by atoms with Crippen molar-refractivity contribution in [2.24, 2.45) is 0 Å². The molecule has 0 atom stereocenters. The molecule has 57 valence electrons. The van der Waals surface area contributed by atoms with E-state index >= 15 is 0 Å². The number of rotatable bonds is 0. The molecule has 2 nitrogen and oxygen atoms in total. The normalized spacial score (nSPS) is 16.8. The molecule has 0 spiro atoms. The van der Waals surface area contributed by atoms with E-state index in [-0.39, 0.29) is 15.8 Å². The third-order valence-corrected chi connectivity index (χ3v) is 3.31. The number of benzene rings is 1. The van der Waals surface area contributed by atoms with Crippen molar-refractivity contribution in [2.45, 2.75) is 0 Å². The van der Waals surface area contributed by atoms with Gasteiger partial charge >= 0.3 is 15.8 Å². The maximum Gasteiger partial charge on any atom is 0.715 e. The molecular weight excluding hydrogens is 165 g/mol. The van der Waals surface area contributed by atoms with E-state index in [2.05, 4.69) is 22.1 Å². The second-order valence-electron chi connectivity index (χ2n) is 2.97. The fourth-order valence-electron chi connectivity index (χ4n) is 1.68. The zero-order valence-electron chi connectivity index (χ0n) is 6.53. The van der Waals surface area contributed by atoms with E-state index in [4.69, 9.17) is 3.79 Å². The molecule has 3 heteroatoms. The maximum atomic E-state index is 5.59. The van der Waals surface area contributed by atoms with Crippen LogP contribution in [0.25, 0.3) is 6.08 Å². The minimum atomic E-state index is -0.00856. The Morgan fingerprint density at radius 2 is 2.42 bits per heavy atom. The molecule has 0 N–H and O–H groups in total. The number of hydrogen-bond acceptors (Lipinski definition) is 2. The largest absolute Gasteiger partial charge is 0.715 e. The molecule has 0 aromatic heterocycles. The Bertz CT molecular complexity index is 362. The van der Waals surface area contributed by atoms with Crippen LogP contribution in [-0.4, -0.2) is 22.3 Å². The molecule has 0 aliphatic carbocycles. The van der Waals surface area contributed by atoms with Gasteiger partial charge in [0.25, 0.3) is 0 Å². The third-order valence-electron chi connectivity index (χ3n) is 2.22. The van der Waals surface area contributed by atoms with E-state index in [1.165, 1.54) is 11.3 Å². The second-order valence-corrected chi connectivity index (χ2v) is 4.04. The van der Waals surface area contributed by atoms with Gasteiger partial charge in [-0.3, -0.25) is 0 Å². The predicted octanol–water partition coefficient (Wildman–Crippen LogP) is 1.45. The lowest BCUT2D eigenvalue weighted by molar-refractivity contribution is 0.616. The highest BCUT2D eigenvalue weighted by Crippen LogP contribution is 2.38. The SMILES string of the molecule is C1=Cc2cccc3c2[N](C1)[Al][O]3. The van der Waals surface area contributed by atoms with E-state index in [0.717, 1.165) is 12.3 Å². The van der Waals surface area contributed by atoms with Crippen molar-refractivity contribution in [1.29, 1.82) is 0 Å². The molecule has 1 aromatic rings. The lowest BCUT2D eigenvalue weighted by atomic mass is 10.1. The van der Waals surface area contributed by atoms with Gasteiger partial charge in [0.2, 0.25) is 0 Å². The van der Waals surface area contributed by atoms with Crippen molar-refractivity contribution in [3.8, 4) is 5.75 Å². The molecule has 0 bridgehead atoms. The van der Waals surface area contributed by atoms with Crippen LogP contribution in [0.2, 0.25) is 0 Å². The summed E-state index contributed by atoms with van der Waals surface area (Å²) in [4.78, 5) is 0. The molecule has 0 saturated heterocycles. The number of hydrogen-bond donors (Lipinski definition) is 0. The Morgan fingerprint density at radius 1 is 1.42 bits per heavy atom. The van der Waals surface area contributed by atoms with Crippen molar-refractivity contribution in [1.82, 2.24) is 0 Å². The van der Waals surface area contributed by atoms with Crippen molar-refractivity contribution in [3.63, 3.8) is 0 Å². The van der Waals surface area contributed by atoms with E-state index in [0.29, 0.717) is 0 Å². The highest BCUT2D eigenvalue weighted by atomic mass is 27.1. The molecule has 0 amide bonds. The molecule has 0 unspecified atom stereocenters. The zero-order valence-corrected chi connectivity index (χ0v) is 7.68. The summed E-state index contributed by atoms with van der Waals surface area (Å²) in [6.07, 6.45) is 4.36. The van der Waals surface area contributed by atoms with Crippen LogP contribution in [0, 0.1) is 0 Å². The molecule has 1 radical (unpaired) electrons. The van der Waals surface area contributed by atoms with E-state index in [9.17, 15) is 0 Å². The fraction of sp³-hybridized carbons (Fsp3) is 0.111. The predicted molar refractivity (Wildman–Crippen MR) is 49.2 cm³/mol. The first-order valence-electron chi connectivity index (χ1n) is 4.01. The van der Waals surface area contributed by atoms with Crippen LogP contribution in [0.4, 0.5) is 5.69 Å². The smallest absolute Gasteiger partial charge is 0.630 e. The summed E-state index contributed by atoms with van der Waals surface area (Å²) in [7, 11) is 0. The summed E-state index contributed by atoms with van der Waals surface area (Å²) < 4.78 is 7.92. The van der Waals surface area contributed by atoms with Gasteiger partial charge in [-0.15, -0.1) is 0 Å². The zero-order chi connectivity index (χ0) is 7.97. The van der Waals surface area contributed by atoms with Gasteiger partial charge in [-0.1, -0.05) is 24.3 Å². The molecule has 12 heavy (non-hydrogen) atoms. The monoisotopic (exact) mass is 172 g/mol. The van der Waals surface area contributed by atoms with E-state index in [1.807, 2.05) is 12.1 Å². The molecular formula is C9H7AlNO. The average Bonchev–Trinajstić information content (AvgIpc) is 2.52. The van der Waals surface area contributed by atoms with Crippen LogP contribution in [-0.2, 0) is 0 Å². The third kappa shape index (κ3) is 0.755. The Morgan fingerprint density at radius 3 is 3.42 bits per heavy atom. The van der Waals surface area contributed by atoms with Gasteiger partial charge in [-0.05, 0) is 11.6 Å². The number of nitrogens with zero attached hydrogens (tertiary/aromatic N) is 1. The molecule has 3 rings (SSSR count). The molecule has 0 fully saturated rings. The molecule has 1 aromatic carbocycles. The summed E-state index contributed by atoms with van der Waals surface area (Å²) in [5.74, 6) is 1.06. The van der Waals surface area contributed by atoms with Crippen molar-refractivity contribution in [2.75, 3.05) is 10.4 Å². The topological polar surface area (TPSA) is 12.5 Å². The van der Waals surface area contributed by atoms with Crippen LogP contribution >= 0.6 is 0 Å². The first-order chi connectivity index (χ1) is 5.95. The summed E-state index contributed by atoms with van der Waals surface area (Å²) >= 11 is -0.00856. The van der Waals surface area contributed by atoms with Gasteiger partial charge in [0.15, 0.2) is 0 Å². The molecule has 2 aliphatic heterocycles. The van der Waals surface area contributed by atoms with Gasteiger partial charge in [0.05, 0.1) is 5.69 Å². The first kappa shape index (κ1) is 6.59. The molecule has 2 aliphatic rings. The number of anilines is 1. The second kappa shape index (κ2) is 2.29. The van der Waals surface area contributed by atoms with Crippen LogP contribution in [0.15, 0.2) is 24.3 Å². The van der Waals surface area contributed by atoms with E-state index < -0.39 is 0 Å². The highest BCUT2D eigenvalue weighted by Gasteiger charge is 2.27. The van der Waals surface area contributed by atoms with Crippen molar-refractivity contribution >= 4 is 27.5 Å². The average molecular weight is 172 g/mol. The Kier molecular flexibility index (Phi) is 1.26. The summed E-state index contributed by atoms with van der Waals surface area (Å²) in [6.45, 7) is 1.01. The highest BCUT2D eigenvalue weighted by molar-refractivity contribution is 6.38. The summed E-state index contributed by atoms with van der Waals surface area (Å²) in [5.41, 5.74) is 2.60.